The van der Waals surface area contributed by atoms with E-state index in [4.69, 9.17) is 5.73 Å². The van der Waals surface area contributed by atoms with Gasteiger partial charge in [-0.15, -0.1) is 0 Å². The summed E-state index contributed by atoms with van der Waals surface area (Å²) in [5.74, 6) is 0.702. The lowest BCUT2D eigenvalue weighted by Crippen LogP contribution is -2.26. The molecule has 1 aliphatic rings. The fourth-order valence-corrected chi connectivity index (χ4v) is 2.40. The largest absolute Gasteiger partial charge is 0.397 e. The molecule has 1 amide bonds. The van der Waals surface area contributed by atoms with E-state index in [1.807, 2.05) is 0 Å². The molecule has 2 rings (SSSR count). The first-order valence-corrected chi connectivity index (χ1v) is 6.25. The van der Waals surface area contributed by atoms with Crippen molar-refractivity contribution >= 4 is 11.6 Å². The van der Waals surface area contributed by atoms with Crippen LogP contribution in [-0.2, 0) is 0 Å². The molecular weight excluding hydrogens is 214 g/mol. The number of nitrogen functional groups attached to an aromatic ring is 1. The minimum atomic E-state index is -0.0945. The number of carbonyl (C=O) groups excluding carboxylic acids is 1. The molecule has 0 aromatic carbocycles. The Bertz CT molecular complexity index is 386. The molecule has 1 fully saturated rings. The smallest absolute Gasteiger partial charge is 0.253 e. The predicted octanol–water partition coefficient (Wildman–Crippen LogP) is 1.97. The van der Waals surface area contributed by atoms with E-state index >= 15 is 0 Å². The minimum Gasteiger partial charge on any atom is -0.397 e. The van der Waals surface area contributed by atoms with Crippen LogP contribution in [0.5, 0.6) is 0 Å². The Morgan fingerprint density at radius 3 is 2.94 bits per heavy atom. The van der Waals surface area contributed by atoms with Gasteiger partial charge in [0.05, 0.1) is 17.4 Å². The molecule has 92 valence electrons. The van der Waals surface area contributed by atoms with E-state index in [9.17, 15) is 4.79 Å². The second-order valence-electron chi connectivity index (χ2n) is 4.66. The summed E-state index contributed by atoms with van der Waals surface area (Å²) in [6.07, 6.45) is 9.48. The standard InChI is InChI=1S/C13H19N3O/c14-12-9-15-7-6-11(12)13(17)16-8-5-10-3-1-2-4-10/h6-7,9-10H,1-5,8,14H2,(H,16,17). The van der Waals surface area contributed by atoms with Gasteiger partial charge in [0, 0.05) is 12.7 Å². The highest BCUT2D eigenvalue weighted by Gasteiger charge is 2.15. The number of amides is 1. The molecular formula is C13H19N3O. The average Bonchev–Trinajstić information content (AvgIpc) is 2.82. The van der Waals surface area contributed by atoms with E-state index in [1.165, 1.54) is 31.9 Å². The Morgan fingerprint density at radius 1 is 1.47 bits per heavy atom. The van der Waals surface area contributed by atoms with Crippen LogP contribution in [-0.4, -0.2) is 17.4 Å². The molecule has 1 aliphatic carbocycles. The van der Waals surface area contributed by atoms with E-state index in [2.05, 4.69) is 10.3 Å². The summed E-state index contributed by atoms with van der Waals surface area (Å²) in [5, 5.41) is 2.92. The van der Waals surface area contributed by atoms with Crippen molar-refractivity contribution in [1.29, 1.82) is 0 Å². The predicted molar refractivity (Wildman–Crippen MR) is 67.6 cm³/mol. The molecule has 0 saturated heterocycles. The summed E-state index contributed by atoms with van der Waals surface area (Å²) in [6, 6.07) is 1.65. The molecule has 1 aromatic rings. The molecule has 0 bridgehead atoms. The van der Waals surface area contributed by atoms with E-state index in [0.717, 1.165) is 18.9 Å². The number of carbonyl (C=O) groups is 1. The lowest BCUT2D eigenvalue weighted by Gasteiger charge is -2.10. The van der Waals surface area contributed by atoms with E-state index < -0.39 is 0 Å². The van der Waals surface area contributed by atoms with Crippen LogP contribution in [0, 0.1) is 5.92 Å². The first-order chi connectivity index (χ1) is 8.27. The summed E-state index contributed by atoms with van der Waals surface area (Å²) in [5.41, 5.74) is 6.65. The zero-order chi connectivity index (χ0) is 12.1. The summed E-state index contributed by atoms with van der Waals surface area (Å²) in [7, 11) is 0. The van der Waals surface area contributed by atoms with Gasteiger partial charge in [-0.1, -0.05) is 25.7 Å². The molecule has 0 unspecified atom stereocenters. The number of hydrogen-bond acceptors (Lipinski definition) is 3. The van der Waals surface area contributed by atoms with Crippen LogP contribution in [0.4, 0.5) is 5.69 Å². The van der Waals surface area contributed by atoms with Gasteiger partial charge in [0.25, 0.3) is 5.91 Å². The highest BCUT2D eigenvalue weighted by molar-refractivity contribution is 5.98. The highest BCUT2D eigenvalue weighted by atomic mass is 16.1. The summed E-state index contributed by atoms with van der Waals surface area (Å²) in [4.78, 5) is 15.7. The normalized spacial score (nSPS) is 16.0. The van der Waals surface area contributed by atoms with Crippen LogP contribution < -0.4 is 11.1 Å². The fraction of sp³-hybridized carbons (Fsp3) is 0.538. The second-order valence-corrected chi connectivity index (χ2v) is 4.66. The SMILES string of the molecule is Nc1cnccc1C(=O)NCCC1CCCC1. The van der Waals surface area contributed by atoms with Crippen LogP contribution in [0.15, 0.2) is 18.5 Å². The number of pyridine rings is 1. The van der Waals surface area contributed by atoms with Gasteiger partial charge in [-0.2, -0.15) is 0 Å². The molecule has 0 atom stereocenters. The number of nitrogens with two attached hydrogens (primary N) is 1. The van der Waals surface area contributed by atoms with Gasteiger partial charge in [0.1, 0.15) is 0 Å². The Labute approximate surface area is 102 Å². The molecule has 17 heavy (non-hydrogen) atoms. The molecule has 0 aliphatic heterocycles. The van der Waals surface area contributed by atoms with Crippen molar-refractivity contribution in [3.63, 3.8) is 0 Å². The number of hydrogen-bond donors (Lipinski definition) is 2. The Morgan fingerprint density at radius 2 is 2.24 bits per heavy atom. The van der Waals surface area contributed by atoms with Gasteiger partial charge in [-0.25, -0.2) is 0 Å². The van der Waals surface area contributed by atoms with Crippen LogP contribution in [0.25, 0.3) is 0 Å². The second kappa shape index (κ2) is 5.66. The Balaban J connectivity index is 1.79. The zero-order valence-corrected chi connectivity index (χ0v) is 9.98. The molecule has 1 saturated carbocycles. The third-order valence-electron chi connectivity index (χ3n) is 3.41. The van der Waals surface area contributed by atoms with Gasteiger partial charge in [0.2, 0.25) is 0 Å². The maximum Gasteiger partial charge on any atom is 0.253 e. The molecule has 1 aromatic heterocycles. The van der Waals surface area contributed by atoms with Crippen LogP contribution in [0.1, 0.15) is 42.5 Å². The number of anilines is 1. The lowest BCUT2D eigenvalue weighted by molar-refractivity contribution is 0.0952. The molecule has 4 heteroatoms. The summed E-state index contributed by atoms with van der Waals surface area (Å²) < 4.78 is 0. The summed E-state index contributed by atoms with van der Waals surface area (Å²) >= 11 is 0. The van der Waals surface area contributed by atoms with Crippen molar-refractivity contribution in [3.8, 4) is 0 Å². The first-order valence-electron chi connectivity index (χ1n) is 6.25. The van der Waals surface area contributed by atoms with Crippen molar-refractivity contribution in [2.45, 2.75) is 32.1 Å². The molecule has 0 radical (unpaired) electrons. The molecule has 1 heterocycles. The molecule has 3 N–H and O–H groups in total. The molecule has 0 spiro atoms. The number of aromatic nitrogens is 1. The van der Waals surface area contributed by atoms with Gasteiger partial charge < -0.3 is 11.1 Å². The molecule has 4 nitrogen and oxygen atoms in total. The third-order valence-corrected chi connectivity index (χ3v) is 3.41. The van der Waals surface area contributed by atoms with Gasteiger partial charge in [-0.3, -0.25) is 9.78 Å². The van der Waals surface area contributed by atoms with Crippen LogP contribution >= 0.6 is 0 Å². The van der Waals surface area contributed by atoms with Crippen LogP contribution in [0.3, 0.4) is 0 Å². The van der Waals surface area contributed by atoms with Crippen LogP contribution in [0.2, 0.25) is 0 Å². The Kier molecular flexibility index (Phi) is 3.96. The van der Waals surface area contributed by atoms with E-state index in [1.54, 1.807) is 12.3 Å². The zero-order valence-electron chi connectivity index (χ0n) is 9.98. The van der Waals surface area contributed by atoms with Crippen molar-refractivity contribution in [1.82, 2.24) is 10.3 Å². The maximum absolute atomic E-state index is 11.8. The highest BCUT2D eigenvalue weighted by Crippen LogP contribution is 2.26. The van der Waals surface area contributed by atoms with Crippen molar-refractivity contribution in [2.75, 3.05) is 12.3 Å². The van der Waals surface area contributed by atoms with Crippen molar-refractivity contribution < 1.29 is 4.79 Å². The third kappa shape index (κ3) is 3.19. The fourth-order valence-electron chi connectivity index (χ4n) is 2.40. The van der Waals surface area contributed by atoms with Gasteiger partial charge in [-0.05, 0) is 18.4 Å². The number of nitrogens with one attached hydrogen (secondary N) is 1. The Hall–Kier alpha value is -1.58. The van der Waals surface area contributed by atoms with Gasteiger partial charge in [0.15, 0.2) is 0 Å². The number of nitrogens with zero attached hydrogens (tertiary/aromatic N) is 1. The van der Waals surface area contributed by atoms with E-state index in [-0.39, 0.29) is 5.91 Å². The quantitative estimate of drug-likeness (QED) is 0.835. The number of rotatable bonds is 4. The first kappa shape index (κ1) is 11.9. The van der Waals surface area contributed by atoms with Crippen molar-refractivity contribution in [2.24, 2.45) is 5.92 Å². The van der Waals surface area contributed by atoms with Crippen molar-refractivity contribution in [3.05, 3.63) is 24.0 Å². The summed E-state index contributed by atoms with van der Waals surface area (Å²) in [6.45, 7) is 0.741. The minimum absolute atomic E-state index is 0.0945. The maximum atomic E-state index is 11.8. The monoisotopic (exact) mass is 233 g/mol. The van der Waals surface area contributed by atoms with Gasteiger partial charge >= 0.3 is 0 Å². The average molecular weight is 233 g/mol. The lowest BCUT2D eigenvalue weighted by atomic mass is 10.0. The topological polar surface area (TPSA) is 68.0 Å². The van der Waals surface area contributed by atoms with E-state index in [0.29, 0.717) is 11.3 Å².